The second-order valence-corrected chi connectivity index (χ2v) is 3.01. The molecule has 0 aliphatic heterocycles. The van der Waals surface area contributed by atoms with E-state index in [-0.39, 0.29) is 6.61 Å². The molecule has 6 nitrogen and oxygen atoms in total. The summed E-state index contributed by atoms with van der Waals surface area (Å²) in [5.74, 6) is 0. The van der Waals surface area contributed by atoms with Crippen molar-refractivity contribution in [2.75, 3.05) is 14.2 Å². The van der Waals surface area contributed by atoms with Gasteiger partial charge in [0, 0.05) is 7.05 Å². The number of amides is 1. The summed E-state index contributed by atoms with van der Waals surface area (Å²) < 4.78 is 4.44. The van der Waals surface area contributed by atoms with Crippen molar-refractivity contribution >= 4 is 11.8 Å². The van der Waals surface area contributed by atoms with E-state index in [1.54, 1.807) is 24.3 Å². The van der Waals surface area contributed by atoms with Crippen LogP contribution in [0.1, 0.15) is 5.56 Å². The van der Waals surface area contributed by atoms with Crippen molar-refractivity contribution in [1.29, 1.82) is 0 Å². The maximum absolute atomic E-state index is 11.0. The van der Waals surface area contributed by atoms with Gasteiger partial charge in [0.15, 0.2) is 0 Å². The molecular weight excluding hydrogens is 210 g/mol. The monoisotopic (exact) mass is 223 g/mol. The molecule has 16 heavy (non-hydrogen) atoms. The molecular formula is C10H13N3O3. The number of carbonyl (C=O) groups excluding carboxylic acids is 1. The summed E-state index contributed by atoms with van der Waals surface area (Å²) in [5, 5.41) is 17.3. The fourth-order valence-corrected chi connectivity index (χ4v) is 0.955. The maximum atomic E-state index is 11.0. The summed E-state index contributed by atoms with van der Waals surface area (Å²) in [6.07, 6.45) is -0.587. The van der Waals surface area contributed by atoms with Crippen LogP contribution >= 0.6 is 0 Å². The van der Waals surface area contributed by atoms with E-state index in [4.69, 9.17) is 5.11 Å². The maximum Gasteiger partial charge on any atom is 0.431 e. The predicted molar refractivity (Wildman–Crippen MR) is 57.0 cm³/mol. The number of ether oxygens (including phenoxy) is 1. The summed E-state index contributed by atoms with van der Waals surface area (Å²) in [7, 11) is 2.71. The number of aliphatic hydroxyl groups is 1. The lowest BCUT2D eigenvalue weighted by Crippen LogP contribution is -2.19. The second-order valence-electron chi connectivity index (χ2n) is 3.01. The largest absolute Gasteiger partial charge is 0.451 e. The lowest BCUT2D eigenvalue weighted by molar-refractivity contribution is 0.132. The van der Waals surface area contributed by atoms with Crippen molar-refractivity contribution in [2.24, 2.45) is 10.3 Å². The van der Waals surface area contributed by atoms with Gasteiger partial charge in [0.2, 0.25) is 0 Å². The molecule has 1 rings (SSSR count). The Kier molecular flexibility index (Phi) is 4.41. The summed E-state index contributed by atoms with van der Waals surface area (Å²) in [6.45, 7) is -0.0144. The van der Waals surface area contributed by atoms with Crippen LogP contribution in [0.4, 0.5) is 10.5 Å². The van der Waals surface area contributed by atoms with E-state index in [1.165, 1.54) is 14.2 Å². The molecule has 1 aromatic carbocycles. The number of methoxy groups -OCH3 is 1. The molecule has 0 fully saturated rings. The molecule has 0 saturated heterocycles. The van der Waals surface area contributed by atoms with Gasteiger partial charge in [0.1, 0.15) is 0 Å². The molecule has 0 bridgehead atoms. The van der Waals surface area contributed by atoms with Gasteiger partial charge in [-0.1, -0.05) is 17.4 Å². The predicted octanol–water partition coefficient (Wildman–Crippen LogP) is 1.88. The first kappa shape index (κ1) is 12.1. The molecule has 86 valence electrons. The minimum absolute atomic E-state index is 0.0144. The van der Waals surface area contributed by atoms with Gasteiger partial charge < -0.3 is 9.84 Å². The smallest absolute Gasteiger partial charge is 0.431 e. The number of carbonyl (C=O) groups is 1. The van der Waals surface area contributed by atoms with Crippen LogP contribution < -0.4 is 0 Å². The van der Waals surface area contributed by atoms with Crippen LogP contribution in [0.2, 0.25) is 0 Å². The van der Waals surface area contributed by atoms with Crippen molar-refractivity contribution < 1.29 is 14.6 Å². The zero-order valence-electron chi connectivity index (χ0n) is 9.12. The number of hydrogen-bond donors (Lipinski definition) is 1. The molecule has 0 atom stereocenters. The Bertz CT molecular complexity index is 375. The summed E-state index contributed by atoms with van der Waals surface area (Å²) >= 11 is 0. The van der Waals surface area contributed by atoms with E-state index in [9.17, 15) is 4.79 Å². The van der Waals surface area contributed by atoms with Crippen molar-refractivity contribution in [2.45, 2.75) is 6.61 Å². The van der Waals surface area contributed by atoms with E-state index in [0.717, 1.165) is 10.6 Å². The summed E-state index contributed by atoms with van der Waals surface area (Å²) in [6, 6.07) is 6.85. The number of nitrogens with zero attached hydrogens (tertiary/aromatic N) is 3. The Hall–Kier alpha value is -1.95. The molecule has 1 aromatic rings. The van der Waals surface area contributed by atoms with Crippen molar-refractivity contribution in [3.8, 4) is 0 Å². The molecule has 0 heterocycles. The molecule has 1 N–H and O–H groups in total. The van der Waals surface area contributed by atoms with Crippen molar-refractivity contribution in [3.63, 3.8) is 0 Å². The first-order valence-electron chi connectivity index (χ1n) is 4.60. The van der Waals surface area contributed by atoms with E-state index in [1.807, 2.05) is 0 Å². The van der Waals surface area contributed by atoms with Crippen molar-refractivity contribution in [3.05, 3.63) is 29.8 Å². The number of hydrogen-bond acceptors (Lipinski definition) is 5. The van der Waals surface area contributed by atoms with Gasteiger partial charge in [-0.15, -0.1) is 5.11 Å². The van der Waals surface area contributed by atoms with E-state index >= 15 is 0 Å². The summed E-state index contributed by atoms with van der Waals surface area (Å²) in [5.41, 5.74) is 1.38. The topological polar surface area (TPSA) is 74.5 Å². The standard InChI is InChI=1S/C10H13N3O3/c1-13(10(15)16-2)12-11-9-5-3-8(7-14)4-6-9/h3-6,14H,7H2,1-2H3. The molecule has 6 heteroatoms. The Morgan fingerprint density at radius 3 is 2.56 bits per heavy atom. The highest BCUT2D eigenvalue weighted by atomic mass is 16.5. The highest BCUT2D eigenvalue weighted by Crippen LogP contribution is 2.13. The minimum atomic E-state index is -0.587. The number of rotatable bonds is 3. The van der Waals surface area contributed by atoms with Crippen LogP contribution in [0.5, 0.6) is 0 Å². The van der Waals surface area contributed by atoms with Gasteiger partial charge in [-0.05, 0) is 17.7 Å². The van der Waals surface area contributed by atoms with Crippen molar-refractivity contribution in [1.82, 2.24) is 5.01 Å². The molecule has 0 saturated carbocycles. The Morgan fingerprint density at radius 2 is 2.06 bits per heavy atom. The average Bonchev–Trinajstić information content (AvgIpc) is 2.35. The molecule has 0 unspecified atom stereocenters. The van der Waals surface area contributed by atoms with Gasteiger partial charge in [0.25, 0.3) is 0 Å². The second kappa shape index (κ2) is 5.82. The Morgan fingerprint density at radius 1 is 1.44 bits per heavy atom. The van der Waals surface area contributed by atoms with Gasteiger partial charge in [-0.25, -0.2) is 4.79 Å². The zero-order valence-corrected chi connectivity index (χ0v) is 9.12. The van der Waals surface area contributed by atoms with Crippen LogP contribution in [0, 0.1) is 0 Å². The highest BCUT2D eigenvalue weighted by Gasteiger charge is 2.05. The van der Waals surface area contributed by atoms with E-state index in [0.29, 0.717) is 5.69 Å². The summed E-state index contributed by atoms with van der Waals surface area (Å²) in [4.78, 5) is 11.0. The van der Waals surface area contributed by atoms with Crippen LogP contribution in [-0.4, -0.2) is 30.4 Å². The molecule has 1 amide bonds. The fraction of sp³-hybridized carbons (Fsp3) is 0.300. The number of aliphatic hydroxyl groups excluding tert-OH is 1. The number of benzene rings is 1. The van der Waals surface area contributed by atoms with Crippen LogP contribution in [0.3, 0.4) is 0 Å². The molecule has 0 aromatic heterocycles. The van der Waals surface area contributed by atoms with Crippen LogP contribution in [0.15, 0.2) is 34.6 Å². The first-order chi connectivity index (χ1) is 7.67. The van der Waals surface area contributed by atoms with E-state index < -0.39 is 6.09 Å². The van der Waals surface area contributed by atoms with Gasteiger partial charge >= 0.3 is 6.09 Å². The lowest BCUT2D eigenvalue weighted by Gasteiger charge is -2.06. The van der Waals surface area contributed by atoms with Crippen LogP contribution in [-0.2, 0) is 11.3 Å². The quantitative estimate of drug-likeness (QED) is 0.628. The highest BCUT2D eigenvalue weighted by molar-refractivity contribution is 5.66. The molecule has 0 spiro atoms. The third-order valence-corrected chi connectivity index (χ3v) is 1.85. The molecule has 0 aliphatic carbocycles. The molecule has 0 radical (unpaired) electrons. The Labute approximate surface area is 93.1 Å². The lowest BCUT2D eigenvalue weighted by atomic mass is 10.2. The third-order valence-electron chi connectivity index (χ3n) is 1.85. The minimum Gasteiger partial charge on any atom is -0.451 e. The Balaban J connectivity index is 2.65. The average molecular weight is 223 g/mol. The van der Waals surface area contributed by atoms with Gasteiger partial charge in [-0.2, -0.15) is 5.01 Å². The third kappa shape index (κ3) is 3.32. The zero-order chi connectivity index (χ0) is 12.0. The van der Waals surface area contributed by atoms with Crippen LogP contribution in [0.25, 0.3) is 0 Å². The SMILES string of the molecule is COC(=O)N(C)N=Nc1ccc(CO)cc1. The first-order valence-corrected chi connectivity index (χ1v) is 4.60. The fourth-order valence-electron chi connectivity index (χ4n) is 0.955. The normalized spacial score (nSPS) is 10.4. The van der Waals surface area contributed by atoms with Gasteiger partial charge in [-0.3, -0.25) is 0 Å². The molecule has 0 aliphatic rings. The van der Waals surface area contributed by atoms with Gasteiger partial charge in [0.05, 0.1) is 19.4 Å². The van der Waals surface area contributed by atoms with E-state index in [2.05, 4.69) is 15.1 Å².